The van der Waals surface area contributed by atoms with E-state index in [1.807, 2.05) is 51.1 Å². The highest BCUT2D eigenvalue weighted by Crippen LogP contribution is 2.47. The van der Waals surface area contributed by atoms with Crippen LogP contribution in [0.1, 0.15) is 67.5 Å². The highest BCUT2D eigenvalue weighted by Gasteiger charge is 2.48. The SMILES string of the molecule is CC(C)C[C@H](NC(=O)[C@H](Cc1ccccc1)NC(=O)[C@H](Cc1ccccn1)NC(=O)c1cc(CN2CCOCC2)on1)C(=O)C1(C)CC1. The number of nitrogens with one attached hydrogen (secondary N) is 3. The highest BCUT2D eigenvalue weighted by molar-refractivity contribution is 5.99. The van der Waals surface area contributed by atoms with Crippen LogP contribution in [0.3, 0.4) is 0 Å². The maximum Gasteiger partial charge on any atom is 0.274 e. The van der Waals surface area contributed by atoms with Crippen LogP contribution in [0.15, 0.2) is 65.3 Å². The molecule has 0 bridgehead atoms. The van der Waals surface area contributed by atoms with E-state index in [1.165, 1.54) is 0 Å². The lowest BCUT2D eigenvalue weighted by molar-refractivity contribution is -0.133. The summed E-state index contributed by atoms with van der Waals surface area (Å²) in [5.74, 6) is -0.890. The zero-order valence-corrected chi connectivity index (χ0v) is 27.9. The molecule has 3 atom stereocenters. The van der Waals surface area contributed by atoms with Gasteiger partial charge in [0.1, 0.15) is 12.1 Å². The molecule has 1 aromatic carbocycles. The first-order valence-electron chi connectivity index (χ1n) is 16.7. The summed E-state index contributed by atoms with van der Waals surface area (Å²) in [6, 6.07) is 13.5. The van der Waals surface area contributed by atoms with E-state index in [4.69, 9.17) is 9.26 Å². The lowest BCUT2D eigenvalue weighted by atomic mass is 9.91. The van der Waals surface area contributed by atoms with Gasteiger partial charge in [-0.25, -0.2) is 0 Å². The molecule has 2 fully saturated rings. The summed E-state index contributed by atoms with van der Waals surface area (Å²) in [4.78, 5) is 61.2. The van der Waals surface area contributed by atoms with Gasteiger partial charge in [-0.3, -0.25) is 29.1 Å². The standard InChI is InChI=1S/C36H46N6O6/c1-24(2)19-28(32(43)36(3)12-13-36)38-33(44)29(20-25-9-5-4-6-10-25)39-34(45)30(21-26-11-7-8-14-37-26)40-35(46)31-22-27(48-41-31)23-42-15-17-47-18-16-42/h4-11,14,22,24,28-30H,12-13,15-21,23H2,1-3H3,(H,38,44)(H,39,45)(H,40,46)/t28-,29-,30-/m0/s1. The molecule has 3 amide bonds. The van der Waals surface area contributed by atoms with Crippen molar-refractivity contribution in [1.29, 1.82) is 0 Å². The number of hydrogen-bond acceptors (Lipinski definition) is 9. The zero-order chi connectivity index (χ0) is 34.1. The van der Waals surface area contributed by atoms with Gasteiger partial charge in [0.2, 0.25) is 11.8 Å². The largest absolute Gasteiger partial charge is 0.379 e. The predicted molar refractivity (Wildman–Crippen MR) is 178 cm³/mol. The molecule has 1 aliphatic carbocycles. The minimum atomic E-state index is -1.09. The first kappa shape index (κ1) is 34.9. The van der Waals surface area contributed by atoms with E-state index < -0.39 is 41.3 Å². The number of rotatable bonds is 16. The van der Waals surface area contributed by atoms with Crippen LogP contribution in [-0.4, -0.2) is 83.0 Å². The van der Waals surface area contributed by atoms with E-state index in [0.29, 0.717) is 37.6 Å². The average molecular weight is 659 g/mol. The van der Waals surface area contributed by atoms with Crippen molar-refractivity contribution in [1.82, 2.24) is 31.0 Å². The number of hydrogen-bond donors (Lipinski definition) is 3. The number of Topliss-reactive ketones (excluding diaryl/α,β-unsaturated/α-hetero) is 1. The normalized spacial score (nSPS) is 17.6. The third-order valence-corrected chi connectivity index (χ3v) is 8.89. The van der Waals surface area contributed by atoms with Crippen LogP contribution in [0.5, 0.6) is 0 Å². The van der Waals surface area contributed by atoms with Gasteiger partial charge < -0.3 is 25.2 Å². The smallest absolute Gasteiger partial charge is 0.274 e. The van der Waals surface area contributed by atoms with Gasteiger partial charge in [0, 0.05) is 49.3 Å². The Balaban J connectivity index is 1.33. The molecule has 2 aromatic heterocycles. The van der Waals surface area contributed by atoms with E-state index in [1.54, 1.807) is 30.5 Å². The Morgan fingerprint density at radius 3 is 2.19 bits per heavy atom. The summed E-state index contributed by atoms with van der Waals surface area (Å²) in [5, 5.41) is 12.6. The van der Waals surface area contributed by atoms with E-state index in [0.717, 1.165) is 31.5 Å². The summed E-state index contributed by atoms with van der Waals surface area (Å²) < 4.78 is 10.8. The van der Waals surface area contributed by atoms with Gasteiger partial charge >= 0.3 is 0 Å². The Morgan fingerprint density at radius 1 is 0.875 bits per heavy atom. The minimum absolute atomic E-state index is 0.0234. The number of carbonyl (C=O) groups excluding carboxylic acids is 4. The minimum Gasteiger partial charge on any atom is -0.379 e. The number of ether oxygens (including phenoxy) is 1. The number of ketones is 1. The Kier molecular flexibility index (Phi) is 11.7. The van der Waals surface area contributed by atoms with Gasteiger partial charge in [0.25, 0.3) is 5.91 Å². The third-order valence-electron chi connectivity index (χ3n) is 8.89. The molecule has 0 radical (unpaired) electrons. The Labute approximate surface area is 281 Å². The number of pyridine rings is 1. The van der Waals surface area contributed by atoms with Crippen LogP contribution in [-0.2, 0) is 38.5 Å². The topological polar surface area (TPSA) is 156 Å². The molecular weight excluding hydrogens is 612 g/mol. The Hall–Kier alpha value is -4.42. The van der Waals surface area contributed by atoms with Gasteiger partial charge in [0.15, 0.2) is 17.2 Å². The van der Waals surface area contributed by atoms with Crippen molar-refractivity contribution >= 4 is 23.5 Å². The second kappa shape index (κ2) is 16.1. The third kappa shape index (κ3) is 9.80. The monoisotopic (exact) mass is 658 g/mol. The van der Waals surface area contributed by atoms with Gasteiger partial charge in [-0.15, -0.1) is 0 Å². The summed E-state index contributed by atoms with van der Waals surface area (Å²) >= 11 is 0. The van der Waals surface area contributed by atoms with Crippen molar-refractivity contribution in [2.24, 2.45) is 11.3 Å². The molecule has 2 aliphatic rings. The number of morpholine rings is 1. The molecule has 12 heteroatoms. The Morgan fingerprint density at radius 2 is 1.54 bits per heavy atom. The van der Waals surface area contributed by atoms with Gasteiger partial charge in [-0.1, -0.05) is 62.3 Å². The molecule has 0 spiro atoms. The lowest BCUT2D eigenvalue weighted by Crippen LogP contribution is -2.57. The van der Waals surface area contributed by atoms with Crippen LogP contribution in [0.2, 0.25) is 0 Å². The van der Waals surface area contributed by atoms with Crippen molar-refractivity contribution in [3.8, 4) is 0 Å². The van der Waals surface area contributed by atoms with Crippen molar-refractivity contribution in [2.75, 3.05) is 26.3 Å². The number of benzene rings is 1. The molecular formula is C36H46N6O6. The van der Waals surface area contributed by atoms with Crippen LogP contribution in [0.25, 0.3) is 0 Å². The summed E-state index contributed by atoms with van der Waals surface area (Å²) in [6.45, 7) is 9.19. The zero-order valence-electron chi connectivity index (χ0n) is 27.9. The van der Waals surface area contributed by atoms with Gasteiger partial charge in [-0.2, -0.15) is 0 Å². The van der Waals surface area contributed by atoms with Crippen molar-refractivity contribution in [3.63, 3.8) is 0 Å². The molecule has 0 unspecified atom stereocenters. The summed E-state index contributed by atoms with van der Waals surface area (Å²) in [5.41, 5.74) is 1.03. The molecule has 256 valence electrons. The molecule has 5 rings (SSSR count). The molecule has 1 aliphatic heterocycles. The van der Waals surface area contributed by atoms with Crippen LogP contribution in [0.4, 0.5) is 0 Å². The fourth-order valence-corrected chi connectivity index (χ4v) is 5.80. The molecule has 1 saturated heterocycles. The van der Waals surface area contributed by atoms with Crippen molar-refractivity contribution in [2.45, 2.75) is 77.5 Å². The maximum atomic E-state index is 14.0. The number of carbonyl (C=O) groups is 4. The number of nitrogens with zero attached hydrogens (tertiary/aromatic N) is 3. The average Bonchev–Trinajstić information content (AvgIpc) is 3.66. The van der Waals surface area contributed by atoms with Crippen LogP contribution >= 0.6 is 0 Å². The molecule has 3 N–H and O–H groups in total. The van der Waals surface area contributed by atoms with E-state index in [-0.39, 0.29) is 30.2 Å². The lowest BCUT2D eigenvalue weighted by Gasteiger charge is -2.27. The Bertz CT molecular complexity index is 1530. The summed E-state index contributed by atoms with van der Waals surface area (Å²) in [6.07, 6.45) is 3.97. The van der Waals surface area contributed by atoms with E-state index in [9.17, 15) is 19.2 Å². The molecule has 12 nitrogen and oxygen atoms in total. The quantitative estimate of drug-likeness (QED) is 0.211. The number of amides is 3. The van der Waals surface area contributed by atoms with Gasteiger partial charge in [-0.05, 0) is 42.9 Å². The molecule has 1 saturated carbocycles. The summed E-state index contributed by atoms with van der Waals surface area (Å²) in [7, 11) is 0. The van der Waals surface area contributed by atoms with Crippen LogP contribution in [0, 0.1) is 11.3 Å². The molecule has 3 heterocycles. The fraction of sp³-hybridized carbons (Fsp3) is 0.500. The fourth-order valence-electron chi connectivity index (χ4n) is 5.80. The predicted octanol–water partition coefficient (Wildman–Crippen LogP) is 2.87. The molecule has 48 heavy (non-hydrogen) atoms. The number of aromatic nitrogens is 2. The van der Waals surface area contributed by atoms with Crippen molar-refractivity contribution < 1.29 is 28.4 Å². The molecule has 3 aromatic rings. The first-order valence-corrected chi connectivity index (χ1v) is 16.7. The maximum absolute atomic E-state index is 14.0. The van der Waals surface area contributed by atoms with Crippen molar-refractivity contribution in [3.05, 3.63) is 83.5 Å². The van der Waals surface area contributed by atoms with Gasteiger partial charge in [0.05, 0.1) is 25.8 Å². The van der Waals surface area contributed by atoms with Crippen LogP contribution < -0.4 is 16.0 Å². The highest BCUT2D eigenvalue weighted by atomic mass is 16.5. The second-order valence-electron chi connectivity index (χ2n) is 13.5. The second-order valence-corrected chi connectivity index (χ2v) is 13.5. The van der Waals surface area contributed by atoms with E-state index >= 15 is 0 Å². The van der Waals surface area contributed by atoms with E-state index in [2.05, 4.69) is 31.0 Å². The first-order chi connectivity index (χ1) is 23.1.